The minimum absolute atomic E-state index is 0.234. The lowest BCUT2D eigenvalue weighted by Gasteiger charge is -2.10. The number of carbonyl (C=O) groups is 1. The number of amides is 1. The topological polar surface area (TPSA) is 51.5 Å². The van der Waals surface area contributed by atoms with Gasteiger partial charge < -0.3 is 14.5 Å². The molecule has 0 unspecified atom stereocenters. The van der Waals surface area contributed by atoms with Crippen molar-refractivity contribution in [2.45, 2.75) is 6.54 Å². The van der Waals surface area contributed by atoms with Crippen LogP contribution in [0.3, 0.4) is 0 Å². The van der Waals surface area contributed by atoms with Crippen LogP contribution in [0.15, 0.2) is 39.4 Å². The fourth-order valence-corrected chi connectivity index (χ4v) is 2.13. The largest absolute Gasteiger partial charge is 0.496 e. The van der Waals surface area contributed by atoms with Gasteiger partial charge in [-0.3, -0.25) is 4.79 Å². The van der Waals surface area contributed by atoms with Gasteiger partial charge in [0.05, 0.1) is 7.11 Å². The highest BCUT2D eigenvalue weighted by Gasteiger charge is 2.13. The van der Waals surface area contributed by atoms with Crippen LogP contribution in [0.2, 0.25) is 5.02 Å². The van der Waals surface area contributed by atoms with Crippen molar-refractivity contribution in [2.24, 2.45) is 0 Å². The van der Waals surface area contributed by atoms with Crippen LogP contribution in [0.25, 0.3) is 0 Å². The lowest BCUT2D eigenvalue weighted by atomic mass is 10.2. The molecule has 2 rings (SSSR count). The normalized spacial score (nSPS) is 10.3. The van der Waals surface area contributed by atoms with E-state index >= 15 is 0 Å². The van der Waals surface area contributed by atoms with E-state index < -0.39 is 0 Å². The van der Waals surface area contributed by atoms with E-state index in [1.54, 1.807) is 37.4 Å². The van der Waals surface area contributed by atoms with E-state index in [2.05, 4.69) is 21.2 Å². The third kappa shape index (κ3) is 3.30. The Morgan fingerprint density at radius 3 is 2.84 bits per heavy atom. The number of hydrogen-bond acceptors (Lipinski definition) is 3. The summed E-state index contributed by atoms with van der Waals surface area (Å²) in [4.78, 5) is 11.8. The van der Waals surface area contributed by atoms with Crippen LogP contribution in [-0.4, -0.2) is 13.0 Å². The number of nitrogens with one attached hydrogen (secondary N) is 1. The summed E-state index contributed by atoms with van der Waals surface area (Å²) >= 11 is 9.22. The van der Waals surface area contributed by atoms with Crippen molar-refractivity contribution in [3.05, 3.63) is 51.3 Å². The first-order chi connectivity index (χ1) is 9.11. The first-order valence-electron chi connectivity index (χ1n) is 5.46. The molecule has 100 valence electrons. The van der Waals surface area contributed by atoms with E-state index in [9.17, 15) is 4.79 Å². The first-order valence-corrected chi connectivity index (χ1v) is 6.64. The Morgan fingerprint density at radius 2 is 2.21 bits per heavy atom. The summed E-state index contributed by atoms with van der Waals surface area (Å²) in [6.45, 7) is 0.264. The summed E-state index contributed by atoms with van der Waals surface area (Å²) in [5.41, 5.74) is 0.727. The Bertz CT molecular complexity index is 597. The minimum Gasteiger partial charge on any atom is -0.496 e. The van der Waals surface area contributed by atoms with Gasteiger partial charge in [-0.25, -0.2) is 0 Å². The molecule has 0 radical (unpaired) electrons. The van der Waals surface area contributed by atoms with Gasteiger partial charge in [-0.1, -0.05) is 17.7 Å². The van der Waals surface area contributed by atoms with Crippen molar-refractivity contribution in [3.63, 3.8) is 0 Å². The molecule has 6 heteroatoms. The van der Waals surface area contributed by atoms with Gasteiger partial charge in [0.25, 0.3) is 5.91 Å². The molecule has 0 saturated carbocycles. The molecule has 0 aliphatic heterocycles. The van der Waals surface area contributed by atoms with Crippen molar-refractivity contribution in [2.75, 3.05) is 7.11 Å². The highest BCUT2D eigenvalue weighted by atomic mass is 79.9. The maximum absolute atomic E-state index is 11.8. The number of ether oxygens (including phenoxy) is 1. The monoisotopic (exact) mass is 343 g/mol. The molecule has 1 aromatic carbocycles. The highest BCUT2D eigenvalue weighted by Crippen LogP contribution is 2.26. The average Bonchev–Trinajstić information content (AvgIpc) is 2.83. The molecular formula is C13H11BrClNO3. The van der Waals surface area contributed by atoms with Gasteiger partial charge in [-0.15, -0.1) is 0 Å². The third-order valence-electron chi connectivity index (χ3n) is 2.52. The molecule has 0 spiro atoms. The fraction of sp³-hybridized carbons (Fsp3) is 0.154. The molecule has 19 heavy (non-hydrogen) atoms. The van der Waals surface area contributed by atoms with Gasteiger partial charge in [-0.2, -0.15) is 0 Å². The number of hydrogen-bond donors (Lipinski definition) is 1. The van der Waals surface area contributed by atoms with Crippen molar-refractivity contribution in [3.8, 4) is 5.75 Å². The highest BCUT2D eigenvalue weighted by molar-refractivity contribution is 9.10. The Morgan fingerprint density at radius 1 is 1.42 bits per heavy atom. The van der Waals surface area contributed by atoms with Crippen molar-refractivity contribution in [1.29, 1.82) is 0 Å². The van der Waals surface area contributed by atoms with Gasteiger partial charge in [-0.05, 0) is 40.2 Å². The van der Waals surface area contributed by atoms with Crippen LogP contribution in [0.1, 0.15) is 16.1 Å². The summed E-state index contributed by atoms with van der Waals surface area (Å²) in [6.07, 6.45) is 0. The third-order valence-corrected chi connectivity index (χ3v) is 3.30. The van der Waals surface area contributed by atoms with E-state index in [0.29, 0.717) is 15.4 Å². The standard InChI is InChI=1S/C13H11BrClNO3/c1-18-10-4-2-3-9(15)8(10)7-16-13(17)11-5-6-12(14)19-11/h2-6H,7H2,1H3,(H,16,17). The van der Waals surface area contributed by atoms with E-state index in [-0.39, 0.29) is 18.2 Å². The molecular weight excluding hydrogens is 334 g/mol. The second kappa shape index (κ2) is 6.12. The van der Waals surface area contributed by atoms with E-state index in [4.69, 9.17) is 20.8 Å². The molecule has 0 aliphatic rings. The predicted molar refractivity (Wildman–Crippen MR) is 75.6 cm³/mol. The number of methoxy groups -OCH3 is 1. The number of carbonyl (C=O) groups excluding carboxylic acids is 1. The van der Waals surface area contributed by atoms with Crippen LogP contribution < -0.4 is 10.1 Å². The summed E-state index contributed by atoms with van der Waals surface area (Å²) in [5.74, 6) is 0.555. The van der Waals surface area contributed by atoms with Gasteiger partial charge in [0, 0.05) is 17.1 Å². The number of benzene rings is 1. The van der Waals surface area contributed by atoms with Crippen molar-refractivity contribution < 1.29 is 13.9 Å². The molecule has 4 nitrogen and oxygen atoms in total. The molecule has 0 bridgehead atoms. The van der Waals surface area contributed by atoms with Crippen LogP contribution in [0.4, 0.5) is 0 Å². The Hall–Kier alpha value is -1.46. The van der Waals surface area contributed by atoms with Crippen LogP contribution in [0, 0.1) is 0 Å². The van der Waals surface area contributed by atoms with Crippen molar-refractivity contribution >= 4 is 33.4 Å². The van der Waals surface area contributed by atoms with Crippen molar-refractivity contribution in [1.82, 2.24) is 5.32 Å². The Labute approximate surface area is 123 Å². The molecule has 1 N–H and O–H groups in total. The van der Waals surface area contributed by atoms with Gasteiger partial charge in [0.2, 0.25) is 0 Å². The quantitative estimate of drug-likeness (QED) is 0.921. The molecule has 2 aromatic rings. The summed E-state index contributed by atoms with van der Waals surface area (Å²) < 4.78 is 10.9. The smallest absolute Gasteiger partial charge is 0.287 e. The Kier molecular flexibility index (Phi) is 4.50. The molecule has 0 aliphatic carbocycles. The molecule has 1 heterocycles. The van der Waals surface area contributed by atoms with Gasteiger partial charge in [0.15, 0.2) is 10.4 Å². The summed E-state index contributed by atoms with van der Waals surface area (Å²) in [5, 5.41) is 3.27. The minimum atomic E-state index is -0.312. The first kappa shape index (κ1) is 14.0. The van der Waals surface area contributed by atoms with Crippen LogP contribution in [0.5, 0.6) is 5.75 Å². The summed E-state index contributed by atoms with van der Waals surface area (Å²) in [6, 6.07) is 8.57. The lowest BCUT2D eigenvalue weighted by Crippen LogP contribution is -2.22. The molecule has 1 amide bonds. The number of rotatable bonds is 4. The fourth-order valence-electron chi connectivity index (χ4n) is 1.59. The predicted octanol–water partition coefficient (Wildman–Crippen LogP) is 3.63. The van der Waals surface area contributed by atoms with Crippen LogP contribution >= 0.6 is 27.5 Å². The molecule has 0 saturated heterocycles. The maximum Gasteiger partial charge on any atom is 0.287 e. The second-order valence-corrected chi connectivity index (χ2v) is 4.90. The van der Waals surface area contributed by atoms with E-state index in [1.807, 2.05) is 0 Å². The molecule has 0 atom stereocenters. The Balaban J connectivity index is 2.09. The molecule has 1 aromatic heterocycles. The number of furan rings is 1. The summed E-state index contributed by atoms with van der Waals surface area (Å²) in [7, 11) is 1.56. The zero-order valence-electron chi connectivity index (χ0n) is 10.1. The van der Waals surface area contributed by atoms with E-state index in [1.165, 1.54) is 0 Å². The zero-order chi connectivity index (χ0) is 13.8. The van der Waals surface area contributed by atoms with Gasteiger partial charge >= 0.3 is 0 Å². The average molecular weight is 345 g/mol. The van der Waals surface area contributed by atoms with Gasteiger partial charge in [0.1, 0.15) is 5.75 Å². The maximum atomic E-state index is 11.8. The SMILES string of the molecule is COc1cccc(Cl)c1CNC(=O)c1ccc(Br)o1. The van der Waals surface area contributed by atoms with E-state index in [0.717, 1.165) is 5.56 Å². The molecule has 0 fully saturated rings. The lowest BCUT2D eigenvalue weighted by molar-refractivity contribution is 0.0921. The zero-order valence-corrected chi connectivity index (χ0v) is 12.4. The van der Waals surface area contributed by atoms with Crippen LogP contribution in [-0.2, 0) is 6.54 Å². The second-order valence-electron chi connectivity index (χ2n) is 3.71. The number of halogens is 2.